The zero-order valence-corrected chi connectivity index (χ0v) is 18.7. The Labute approximate surface area is 198 Å². The van der Waals surface area contributed by atoms with Gasteiger partial charge >= 0.3 is 0 Å². The van der Waals surface area contributed by atoms with E-state index in [4.69, 9.17) is 15.2 Å². The van der Waals surface area contributed by atoms with Crippen LogP contribution in [0, 0.1) is 0 Å². The van der Waals surface area contributed by atoms with Crippen molar-refractivity contribution in [3.8, 4) is 5.88 Å². The van der Waals surface area contributed by atoms with Crippen molar-refractivity contribution in [2.75, 3.05) is 0 Å². The van der Waals surface area contributed by atoms with Gasteiger partial charge in [-0.2, -0.15) is 0 Å². The third kappa shape index (κ3) is 3.70. The van der Waals surface area contributed by atoms with E-state index in [1.165, 1.54) is 12.0 Å². The maximum Gasteiger partial charge on any atom is 0.243 e. The van der Waals surface area contributed by atoms with Crippen molar-refractivity contribution in [3.63, 3.8) is 0 Å². The number of nitrogens with one attached hydrogen (secondary N) is 1. The number of ether oxygens (including phenoxy) is 2. The molecule has 3 heterocycles. The third-order valence-corrected chi connectivity index (χ3v) is 6.59. The Morgan fingerprint density at radius 1 is 0.882 bits per heavy atom. The fraction of sp³-hybridized carbons (Fsp3) is 0.138. The fourth-order valence-electron chi connectivity index (χ4n) is 4.51. The maximum absolute atomic E-state index is 6.56. The molecule has 1 fully saturated rings. The van der Waals surface area contributed by atoms with Gasteiger partial charge in [0.15, 0.2) is 5.76 Å². The Morgan fingerprint density at radius 3 is 2.38 bits per heavy atom. The number of rotatable bonds is 5. The Balaban J connectivity index is 1.43. The number of fused-ring (bicyclic) bond motifs is 1. The van der Waals surface area contributed by atoms with Crippen molar-refractivity contribution in [2.45, 2.75) is 24.8 Å². The number of hydrogen-bond donors (Lipinski definition) is 2. The van der Waals surface area contributed by atoms with Gasteiger partial charge in [-0.05, 0) is 48.6 Å². The number of nitrogens with two attached hydrogens (primary N) is 1. The number of aromatic nitrogens is 1. The number of dihydropyridines is 1. The van der Waals surface area contributed by atoms with Gasteiger partial charge in [-0.15, -0.1) is 0 Å². The highest BCUT2D eigenvalue weighted by molar-refractivity contribution is 5.95. The van der Waals surface area contributed by atoms with E-state index in [0.29, 0.717) is 17.5 Å². The molecule has 6 rings (SSSR count). The number of benzene rings is 2. The molecule has 1 aliphatic carbocycles. The largest absolute Gasteiger partial charge is 0.450 e. The predicted octanol–water partition coefficient (Wildman–Crippen LogP) is 5.61. The van der Waals surface area contributed by atoms with Crippen LogP contribution in [-0.4, -0.2) is 4.98 Å². The molecule has 5 heteroatoms. The van der Waals surface area contributed by atoms with E-state index in [0.717, 1.165) is 40.9 Å². The van der Waals surface area contributed by atoms with Gasteiger partial charge in [0, 0.05) is 40.7 Å². The lowest BCUT2D eigenvalue weighted by Gasteiger charge is -2.38. The van der Waals surface area contributed by atoms with E-state index >= 15 is 0 Å². The lowest BCUT2D eigenvalue weighted by molar-refractivity contribution is 0.253. The second-order valence-corrected chi connectivity index (χ2v) is 8.80. The molecule has 0 spiro atoms. The minimum absolute atomic E-state index is 0.178. The molecule has 0 saturated heterocycles. The average Bonchev–Trinajstić information content (AvgIpc) is 2.88. The van der Waals surface area contributed by atoms with Crippen LogP contribution in [0.1, 0.15) is 36.0 Å². The smallest absolute Gasteiger partial charge is 0.243 e. The number of pyridine rings is 1. The molecule has 2 aromatic carbocycles. The molecule has 0 unspecified atom stereocenters. The highest BCUT2D eigenvalue weighted by Crippen LogP contribution is 2.42. The van der Waals surface area contributed by atoms with E-state index in [9.17, 15) is 0 Å². The van der Waals surface area contributed by atoms with E-state index < -0.39 is 0 Å². The first kappa shape index (κ1) is 20.5. The van der Waals surface area contributed by atoms with Crippen LogP contribution in [0.15, 0.2) is 115 Å². The molecule has 3 aromatic rings. The minimum atomic E-state index is -0.178. The average molecular weight is 448 g/mol. The van der Waals surface area contributed by atoms with Gasteiger partial charge in [-0.25, -0.2) is 4.98 Å². The molecule has 1 aromatic heterocycles. The van der Waals surface area contributed by atoms with Crippen molar-refractivity contribution >= 4 is 11.3 Å². The van der Waals surface area contributed by atoms with Gasteiger partial charge < -0.3 is 20.5 Å². The fourth-order valence-corrected chi connectivity index (χ4v) is 4.51. The van der Waals surface area contributed by atoms with Gasteiger partial charge in [-0.1, -0.05) is 60.7 Å². The zero-order valence-electron chi connectivity index (χ0n) is 18.7. The second kappa shape index (κ2) is 8.36. The standard InChI is InChI=1S/C29H25N3O2/c30-29(15-6-16-29)23-12-10-20(11-13-23)24-19-22-14-18-32-28(33-25-9-4-5-17-31-25)27(22)34-26(24)21-7-2-1-3-8-21/h1-5,7-14,17-19,32H,6,15-16,30H2. The second-order valence-electron chi connectivity index (χ2n) is 8.80. The lowest BCUT2D eigenvalue weighted by Crippen LogP contribution is -2.43. The van der Waals surface area contributed by atoms with Crippen LogP contribution in [0.25, 0.3) is 11.3 Å². The summed E-state index contributed by atoms with van der Waals surface area (Å²) in [5, 5.41) is 3.16. The quantitative estimate of drug-likeness (QED) is 0.532. The highest BCUT2D eigenvalue weighted by Gasteiger charge is 2.34. The zero-order chi connectivity index (χ0) is 23.0. The van der Waals surface area contributed by atoms with Crippen molar-refractivity contribution in [1.82, 2.24) is 10.3 Å². The van der Waals surface area contributed by atoms with Crippen molar-refractivity contribution in [2.24, 2.45) is 5.73 Å². The Hall–Kier alpha value is -4.09. The predicted molar refractivity (Wildman–Crippen MR) is 133 cm³/mol. The first-order valence-electron chi connectivity index (χ1n) is 11.6. The molecule has 0 amide bonds. The normalized spacial score (nSPS) is 18.3. The third-order valence-electron chi connectivity index (χ3n) is 6.59. The SMILES string of the molecule is NC1(c2ccc(C3=C(c4ccccc4)OC4=C(Oc5ccccn5)NC=CC4=C3)cc2)CCC1. The summed E-state index contributed by atoms with van der Waals surface area (Å²) in [6.45, 7) is 0. The molecular weight excluding hydrogens is 422 g/mol. The molecule has 0 atom stereocenters. The van der Waals surface area contributed by atoms with Crippen LogP contribution < -0.4 is 15.8 Å². The van der Waals surface area contributed by atoms with Crippen LogP contribution in [0.2, 0.25) is 0 Å². The van der Waals surface area contributed by atoms with E-state index in [2.05, 4.69) is 52.8 Å². The lowest BCUT2D eigenvalue weighted by atomic mass is 9.72. The number of allylic oxidation sites excluding steroid dienone is 3. The molecule has 1 saturated carbocycles. The van der Waals surface area contributed by atoms with E-state index in [1.807, 2.05) is 48.7 Å². The summed E-state index contributed by atoms with van der Waals surface area (Å²) < 4.78 is 12.6. The molecule has 168 valence electrons. The molecule has 2 aliphatic heterocycles. The molecule has 3 N–H and O–H groups in total. The molecule has 34 heavy (non-hydrogen) atoms. The van der Waals surface area contributed by atoms with Gasteiger partial charge in [0.25, 0.3) is 0 Å². The molecule has 5 nitrogen and oxygen atoms in total. The molecule has 0 bridgehead atoms. The van der Waals surface area contributed by atoms with E-state index in [1.54, 1.807) is 6.20 Å². The summed E-state index contributed by atoms with van der Waals surface area (Å²) in [6, 6.07) is 24.3. The first-order chi connectivity index (χ1) is 16.7. The van der Waals surface area contributed by atoms with Crippen LogP contribution in [0.3, 0.4) is 0 Å². The summed E-state index contributed by atoms with van der Waals surface area (Å²) in [7, 11) is 0. The number of nitrogens with zero attached hydrogens (tertiary/aromatic N) is 1. The monoisotopic (exact) mass is 447 g/mol. The molecule has 3 aliphatic rings. The van der Waals surface area contributed by atoms with Crippen molar-refractivity contribution in [1.29, 1.82) is 0 Å². The van der Waals surface area contributed by atoms with Crippen LogP contribution in [-0.2, 0) is 10.3 Å². The topological polar surface area (TPSA) is 69.4 Å². The van der Waals surface area contributed by atoms with Gasteiger partial charge in [0.05, 0.1) is 0 Å². The van der Waals surface area contributed by atoms with Crippen LogP contribution in [0.5, 0.6) is 5.88 Å². The van der Waals surface area contributed by atoms with E-state index in [-0.39, 0.29) is 5.54 Å². The highest BCUT2D eigenvalue weighted by atomic mass is 16.5. The van der Waals surface area contributed by atoms with Crippen molar-refractivity contribution < 1.29 is 9.47 Å². The summed E-state index contributed by atoms with van der Waals surface area (Å²) in [5.41, 5.74) is 11.6. The Bertz CT molecular complexity index is 1330. The van der Waals surface area contributed by atoms with Gasteiger partial charge in [-0.3, -0.25) is 0 Å². The van der Waals surface area contributed by atoms with Crippen LogP contribution >= 0.6 is 0 Å². The van der Waals surface area contributed by atoms with Crippen molar-refractivity contribution in [3.05, 3.63) is 131 Å². The maximum atomic E-state index is 6.56. The van der Waals surface area contributed by atoms with Gasteiger partial charge in [0.1, 0.15) is 5.76 Å². The molecular formula is C29H25N3O2. The summed E-state index contributed by atoms with van der Waals surface area (Å²) in [4.78, 5) is 4.27. The first-order valence-corrected chi connectivity index (χ1v) is 11.6. The van der Waals surface area contributed by atoms with Gasteiger partial charge in [0.2, 0.25) is 11.8 Å². The summed E-state index contributed by atoms with van der Waals surface area (Å²) in [6.07, 6.45) is 11.0. The summed E-state index contributed by atoms with van der Waals surface area (Å²) >= 11 is 0. The Morgan fingerprint density at radius 2 is 1.68 bits per heavy atom. The molecule has 0 radical (unpaired) electrons. The summed E-state index contributed by atoms with van der Waals surface area (Å²) in [5.74, 6) is 2.40. The minimum Gasteiger partial charge on any atom is -0.450 e. The van der Waals surface area contributed by atoms with Crippen LogP contribution in [0.4, 0.5) is 0 Å². The Kier molecular flexibility index (Phi) is 5.04. The number of hydrogen-bond acceptors (Lipinski definition) is 5.